The molecule has 1 atom stereocenters. The number of carbonyl (C=O) groups excluding carboxylic acids is 1. The van der Waals surface area contributed by atoms with Crippen molar-refractivity contribution < 1.29 is 13.9 Å². The van der Waals surface area contributed by atoms with E-state index < -0.39 is 0 Å². The van der Waals surface area contributed by atoms with Crippen LogP contribution in [-0.4, -0.2) is 25.2 Å². The third kappa shape index (κ3) is 4.53. The summed E-state index contributed by atoms with van der Waals surface area (Å²) in [4.78, 5) is 11.6. The molecular weight excluding hydrogens is 230 g/mol. The summed E-state index contributed by atoms with van der Waals surface area (Å²) in [6, 6.07) is 3.78. The standard InChI is InChI=1S/C14H21NO3/c16-14(7-6-12-4-1-2-10-17-12)15-9-8-13-5-3-11-18-13/h3,5,11-12H,1-2,4,6-10H2,(H,15,16). The predicted molar refractivity (Wildman–Crippen MR) is 68.2 cm³/mol. The molecule has 1 saturated heterocycles. The lowest BCUT2D eigenvalue weighted by atomic mass is 10.0. The van der Waals surface area contributed by atoms with Crippen molar-refractivity contribution in [1.29, 1.82) is 0 Å². The van der Waals surface area contributed by atoms with Crippen LogP contribution < -0.4 is 5.32 Å². The van der Waals surface area contributed by atoms with Gasteiger partial charge in [-0.2, -0.15) is 0 Å². The van der Waals surface area contributed by atoms with Crippen molar-refractivity contribution in [3.8, 4) is 0 Å². The Kier molecular flexibility index (Phi) is 5.27. The van der Waals surface area contributed by atoms with Gasteiger partial charge in [-0.15, -0.1) is 0 Å². The molecule has 2 heterocycles. The highest BCUT2D eigenvalue weighted by molar-refractivity contribution is 5.75. The quantitative estimate of drug-likeness (QED) is 0.844. The van der Waals surface area contributed by atoms with Gasteiger partial charge >= 0.3 is 0 Å². The van der Waals surface area contributed by atoms with Crippen LogP contribution in [0.1, 0.15) is 37.9 Å². The zero-order valence-electron chi connectivity index (χ0n) is 10.7. The number of furan rings is 1. The molecule has 1 aromatic heterocycles. The largest absolute Gasteiger partial charge is 0.469 e. The Bertz CT molecular complexity index is 342. The fourth-order valence-corrected chi connectivity index (χ4v) is 2.20. The van der Waals surface area contributed by atoms with E-state index in [-0.39, 0.29) is 12.0 Å². The second-order valence-corrected chi connectivity index (χ2v) is 4.71. The highest BCUT2D eigenvalue weighted by Crippen LogP contribution is 2.16. The maximum Gasteiger partial charge on any atom is 0.220 e. The van der Waals surface area contributed by atoms with E-state index in [9.17, 15) is 4.79 Å². The molecule has 0 radical (unpaired) electrons. The van der Waals surface area contributed by atoms with Gasteiger partial charge in [0.25, 0.3) is 0 Å². The normalized spacial score (nSPS) is 19.7. The average molecular weight is 251 g/mol. The third-order valence-corrected chi connectivity index (χ3v) is 3.24. The molecule has 1 amide bonds. The summed E-state index contributed by atoms with van der Waals surface area (Å²) in [5, 5.41) is 2.91. The molecule has 0 saturated carbocycles. The smallest absolute Gasteiger partial charge is 0.220 e. The zero-order valence-corrected chi connectivity index (χ0v) is 10.7. The van der Waals surface area contributed by atoms with Gasteiger partial charge in [-0.05, 0) is 37.8 Å². The van der Waals surface area contributed by atoms with Gasteiger partial charge in [0, 0.05) is 26.0 Å². The fraction of sp³-hybridized carbons (Fsp3) is 0.643. The maximum atomic E-state index is 11.6. The lowest BCUT2D eigenvalue weighted by molar-refractivity contribution is -0.122. The lowest BCUT2D eigenvalue weighted by Crippen LogP contribution is -2.27. The van der Waals surface area contributed by atoms with Crippen LogP contribution in [-0.2, 0) is 16.0 Å². The Labute approximate surface area is 108 Å². The number of hydrogen-bond acceptors (Lipinski definition) is 3. The summed E-state index contributed by atoms with van der Waals surface area (Å²) in [7, 11) is 0. The van der Waals surface area contributed by atoms with Gasteiger partial charge in [0.05, 0.1) is 12.4 Å². The molecule has 18 heavy (non-hydrogen) atoms. The Hall–Kier alpha value is -1.29. The van der Waals surface area contributed by atoms with Gasteiger partial charge < -0.3 is 14.5 Å². The van der Waals surface area contributed by atoms with Crippen LogP contribution in [0.4, 0.5) is 0 Å². The topological polar surface area (TPSA) is 51.5 Å². The lowest BCUT2D eigenvalue weighted by Gasteiger charge is -2.22. The van der Waals surface area contributed by atoms with Crippen molar-refractivity contribution in [3.05, 3.63) is 24.2 Å². The molecule has 1 aliphatic heterocycles. The Morgan fingerprint density at radius 3 is 3.11 bits per heavy atom. The average Bonchev–Trinajstić information content (AvgIpc) is 2.91. The van der Waals surface area contributed by atoms with Crippen LogP contribution in [0.2, 0.25) is 0 Å². The van der Waals surface area contributed by atoms with E-state index in [1.54, 1.807) is 6.26 Å². The minimum atomic E-state index is 0.107. The summed E-state index contributed by atoms with van der Waals surface area (Å²) in [5.74, 6) is 1.02. The SMILES string of the molecule is O=C(CCC1CCCCO1)NCCc1ccco1. The molecule has 2 rings (SSSR count). The number of amides is 1. The van der Waals surface area contributed by atoms with Gasteiger partial charge in [-0.25, -0.2) is 0 Å². The molecule has 0 bridgehead atoms. The van der Waals surface area contributed by atoms with E-state index in [0.29, 0.717) is 13.0 Å². The predicted octanol–water partition coefficient (Wildman–Crippen LogP) is 2.29. The van der Waals surface area contributed by atoms with Crippen molar-refractivity contribution in [2.75, 3.05) is 13.2 Å². The first-order valence-corrected chi connectivity index (χ1v) is 6.75. The van der Waals surface area contributed by atoms with Gasteiger partial charge in [-0.1, -0.05) is 0 Å². The second kappa shape index (κ2) is 7.21. The minimum Gasteiger partial charge on any atom is -0.469 e. The highest BCUT2D eigenvalue weighted by atomic mass is 16.5. The van der Waals surface area contributed by atoms with Crippen molar-refractivity contribution >= 4 is 5.91 Å². The summed E-state index contributed by atoms with van der Waals surface area (Å²) in [6.07, 6.45) is 7.57. The van der Waals surface area contributed by atoms with E-state index in [1.165, 1.54) is 6.42 Å². The van der Waals surface area contributed by atoms with Gasteiger partial charge in [0.1, 0.15) is 5.76 Å². The molecule has 0 aliphatic carbocycles. The van der Waals surface area contributed by atoms with Crippen LogP contribution >= 0.6 is 0 Å². The van der Waals surface area contributed by atoms with Crippen LogP contribution in [0.15, 0.2) is 22.8 Å². The number of carbonyl (C=O) groups is 1. The summed E-state index contributed by atoms with van der Waals surface area (Å²) >= 11 is 0. The molecule has 4 nitrogen and oxygen atoms in total. The Balaban J connectivity index is 1.54. The van der Waals surface area contributed by atoms with Crippen molar-refractivity contribution in [2.24, 2.45) is 0 Å². The van der Waals surface area contributed by atoms with Crippen molar-refractivity contribution in [1.82, 2.24) is 5.32 Å². The first-order valence-electron chi connectivity index (χ1n) is 6.75. The molecule has 1 aromatic rings. The highest BCUT2D eigenvalue weighted by Gasteiger charge is 2.14. The molecule has 0 aromatic carbocycles. The Morgan fingerprint density at radius 2 is 2.39 bits per heavy atom. The first kappa shape index (κ1) is 13.1. The molecule has 100 valence electrons. The first-order chi connectivity index (χ1) is 8.84. The van der Waals surface area contributed by atoms with E-state index in [4.69, 9.17) is 9.15 Å². The zero-order chi connectivity index (χ0) is 12.6. The van der Waals surface area contributed by atoms with E-state index in [0.717, 1.165) is 38.1 Å². The van der Waals surface area contributed by atoms with Crippen LogP contribution in [0, 0.1) is 0 Å². The molecule has 4 heteroatoms. The molecule has 0 spiro atoms. The fourth-order valence-electron chi connectivity index (χ4n) is 2.20. The number of ether oxygens (including phenoxy) is 1. The monoisotopic (exact) mass is 251 g/mol. The summed E-state index contributed by atoms with van der Waals surface area (Å²) in [6.45, 7) is 1.49. The Morgan fingerprint density at radius 1 is 1.44 bits per heavy atom. The van der Waals surface area contributed by atoms with Crippen LogP contribution in [0.25, 0.3) is 0 Å². The maximum absolute atomic E-state index is 11.6. The number of nitrogens with one attached hydrogen (secondary N) is 1. The molecule has 1 aliphatic rings. The number of rotatable bonds is 6. The van der Waals surface area contributed by atoms with Gasteiger partial charge in [0.2, 0.25) is 5.91 Å². The van der Waals surface area contributed by atoms with E-state index in [1.807, 2.05) is 12.1 Å². The van der Waals surface area contributed by atoms with Crippen molar-refractivity contribution in [2.45, 2.75) is 44.6 Å². The minimum absolute atomic E-state index is 0.107. The van der Waals surface area contributed by atoms with Gasteiger partial charge in [0.15, 0.2) is 0 Å². The van der Waals surface area contributed by atoms with Gasteiger partial charge in [-0.3, -0.25) is 4.79 Å². The molecule has 1 fully saturated rings. The molecular formula is C14H21NO3. The molecule has 1 unspecified atom stereocenters. The van der Waals surface area contributed by atoms with Crippen LogP contribution in [0.5, 0.6) is 0 Å². The third-order valence-electron chi connectivity index (χ3n) is 3.24. The van der Waals surface area contributed by atoms with Crippen molar-refractivity contribution in [3.63, 3.8) is 0 Å². The van der Waals surface area contributed by atoms with E-state index in [2.05, 4.69) is 5.32 Å². The second-order valence-electron chi connectivity index (χ2n) is 4.71. The summed E-state index contributed by atoms with van der Waals surface area (Å²) in [5.41, 5.74) is 0. The summed E-state index contributed by atoms with van der Waals surface area (Å²) < 4.78 is 10.8. The van der Waals surface area contributed by atoms with E-state index >= 15 is 0 Å². The molecule has 1 N–H and O–H groups in total. The number of hydrogen-bond donors (Lipinski definition) is 1. The van der Waals surface area contributed by atoms with Crippen LogP contribution in [0.3, 0.4) is 0 Å².